The number of benzene rings is 1. The second-order valence-electron chi connectivity index (χ2n) is 5.02. The maximum absolute atomic E-state index is 13.0. The molecule has 0 saturated heterocycles. The van der Waals surface area contributed by atoms with Gasteiger partial charge in [-0.2, -0.15) is 0 Å². The van der Waals surface area contributed by atoms with Crippen molar-refractivity contribution in [2.24, 2.45) is 0 Å². The van der Waals surface area contributed by atoms with Gasteiger partial charge in [0.25, 0.3) is 5.91 Å². The number of hydrogen-bond acceptors (Lipinski definition) is 4. The molecule has 0 aliphatic carbocycles. The van der Waals surface area contributed by atoms with Crippen LogP contribution >= 0.6 is 0 Å². The lowest BCUT2D eigenvalue weighted by molar-refractivity contribution is -0.117. The Kier molecular flexibility index (Phi) is 5.85. The van der Waals surface area contributed by atoms with Crippen LogP contribution in [0, 0.1) is 5.82 Å². The SMILES string of the molecule is CCCCN(CC(=O)Nc1ccon1)C(=O)c1ccc(F)cc1. The van der Waals surface area contributed by atoms with Crippen molar-refractivity contribution in [3.05, 3.63) is 48.0 Å². The molecule has 1 aromatic carbocycles. The second kappa shape index (κ2) is 8.07. The molecule has 1 N–H and O–H groups in total. The van der Waals surface area contributed by atoms with Gasteiger partial charge >= 0.3 is 0 Å². The van der Waals surface area contributed by atoms with Crippen LogP contribution in [-0.2, 0) is 4.79 Å². The zero-order valence-corrected chi connectivity index (χ0v) is 12.8. The molecule has 0 bridgehead atoms. The summed E-state index contributed by atoms with van der Waals surface area (Å²) in [6.45, 7) is 2.33. The molecule has 0 fully saturated rings. The van der Waals surface area contributed by atoms with E-state index in [1.807, 2.05) is 6.92 Å². The maximum atomic E-state index is 13.0. The lowest BCUT2D eigenvalue weighted by Gasteiger charge is -2.21. The minimum absolute atomic E-state index is 0.108. The first-order valence-corrected chi connectivity index (χ1v) is 7.35. The van der Waals surface area contributed by atoms with E-state index in [1.165, 1.54) is 41.5 Å². The summed E-state index contributed by atoms with van der Waals surface area (Å²) in [5.74, 6) is -0.802. The number of nitrogens with zero attached hydrogens (tertiary/aromatic N) is 2. The Labute approximate surface area is 133 Å². The molecule has 0 atom stereocenters. The van der Waals surface area contributed by atoms with E-state index >= 15 is 0 Å². The molecule has 122 valence electrons. The fourth-order valence-electron chi connectivity index (χ4n) is 2.01. The van der Waals surface area contributed by atoms with Gasteiger partial charge in [0.2, 0.25) is 5.91 Å². The minimum Gasteiger partial charge on any atom is -0.363 e. The topological polar surface area (TPSA) is 75.4 Å². The van der Waals surface area contributed by atoms with Crippen molar-refractivity contribution >= 4 is 17.6 Å². The molecular formula is C16H18FN3O3. The summed E-state index contributed by atoms with van der Waals surface area (Å²) in [4.78, 5) is 26.0. The van der Waals surface area contributed by atoms with Crippen molar-refractivity contribution in [3.8, 4) is 0 Å². The fraction of sp³-hybridized carbons (Fsp3) is 0.312. The fourth-order valence-corrected chi connectivity index (χ4v) is 2.01. The lowest BCUT2D eigenvalue weighted by atomic mass is 10.2. The first-order chi connectivity index (χ1) is 11.1. The number of unbranched alkanes of at least 4 members (excludes halogenated alkanes) is 1. The van der Waals surface area contributed by atoms with Crippen LogP contribution < -0.4 is 5.32 Å². The van der Waals surface area contributed by atoms with Crippen LogP contribution in [0.4, 0.5) is 10.2 Å². The largest absolute Gasteiger partial charge is 0.363 e. The first-order valence-electron chi connectivity index (χ1n) is 7.35. The third-order valence-electron chi connectivity index (χ3n) is 3.20. The molecule has 0 radical (unpaired) electrons. The Balaban J connectivity index is 2.04. The van der Waals surface area contributed by atoms with Crippen LogP contribution in [0.1, 0.15) is 30.1 Å². The number of carbonyl (C=O) groups is 2. The van der Waals surface area contributed by atoms with E-state index in [-0.39, 0.29) is 18.4 Å². The first kappa shape index (κ1) is 16.7. The normalized spacial score (nSPS) is 10.3. The molecule has 0 aliphatic rings. The maximum Gasteiger partial charge on any atom is 0.254 e. The Morgan fingerprint density at radius 1 is 1.26 bits per heavy atom. The highest BCUT2D eigenvalue weighted by Crippen LogP contribution is 2.09. The molecule has 0 saturated carbocycles. The van der Waals surface area contributed by atoms with Gasteiger partial charge in [-0.05, 0) is 30.7 Å². The second-order valence-corrected chi connectivity index (χ2v) is 5.02. The molecule has 7 heteroatoms. The summed E-state index contributed by atoms with van der Waals surface area (Å²) in [6.07, 6.45) is 3.00. The third-order valence-corrected chi connectivity index (χ3v) is 3.20. The number of carbonyl (C=O) groups excluding carboxylic acids is 2. The van der Waals surface area contributed by atoms with E-state index in [1.54, 1.807) is 0 Å². The predicted octanol–water partition coefficient (Wildman–Crippen LogP) is 2.69. The number of amides is 2. The van der Waals surface area contributed by atoms with Gasteiger partial charge in [-0.3, -0.25) is 9.59 Å². The van der Waals surface area contributed by atoms with E-state index in [9.17, 15) is 14.0 Å². The van der Waals surface area contributed by atoms with E-state index < -0.39 is 5.82 Å². The highest BCUT2D eigenvalue weighted by atomic mass is 19.1. The minimum atomic E-state index is -0.412. The summed E-state index contributed by atoms with van der Waals surface area (Å²) in [5, 5.41) is 6.13. The van der Waals surface area contributed by atoms with Gasteiger partial charge in [-0.1, -0.05) is 18.5 Å². The van der Waals surface area contributed by atoms with Crippen LogP contribution in [-0.4, -0.2) is 35.0 Å². The summed E-state index contributed by atoms with van der Waals surface area (Å²) in [7, 11) is 0. The number of halogens is 1. The number of anilines is 1. The zero-order valence-electron chi connectivity index (χ0n) is 12.8. The van der Waals surface area contributed by atoms with Gasteiger partial charge in [0, 0.05) is 18.2 Å². The van der Waals surface area contributed by atoms with Gasteiger partial charge in [-0.15, -0.1) is 0 Å². The van der Waals surface area contributed by atoms with Crippen LogP contribution in [0.25, 0.3) is 0 Å². The Hall–Kier alpha value is -2.70. The van der Waals surface area contributed by atoms with Crippen molar-refractivity contribution in [1.82, 2.24) is 10.1 Å². The molecule has 2 rings (SSSR count). The molecule has 6 nitrogen and oxygen atoms in total. The average Bonchev–Trinajstić information content (AvgIpc) is 3.04. The van der Waals surface area contributed by atoms with Crippen molar-refractivity contribution in [1.29, 1.82) is 0 Å². The highest BCUT2D eigenvalue weighted by molar-refractivity contribution is 5.99. The van der Waals surface area contributed by atoms with Crippen molar-refractivity contribution in [3.63, 3.8) is 0 Å². The standard InChI is InChI=1S/C16H18FN3O3/c1-2-3-9-20(11-15(21)18-14-8-10-23-19-14)16(22)12-4-6-13(17)7-5-12/h4-8,10H,2-3,9,11H2,1H3,(H,18,19,21). The summed E-state index contributed by atoms with van der Waals surface area (Å²) in [5.41, 5.74) is 0.344. The molecule has 1 aromatic heterocycles. The van der Waals surface area contributed by atoms with Gasteiger partial charge in [0.05, 0.1) is 0 Å². The van der Waals surface area contributed by atoms with Crippen LogP contribution in [0.3, 0.4) is 0 Å². The molecule has 0 aliphatic heterocycles. The summed E-state index contributed by atoms with van der Waals surface area (Å²) in [6, 6.07) is 6.77. The van der Waals surface area contributed by atoms with Gasteiger partial charge in [0.1, 0.15) is 18.6 Å². The summed E-state index contributed by atoms with van der Waals surface area (Å²) < 4.78 is 17.6. The molecular weight excluding hydrogens is 301 g/mol. The van der Waals surface area contributed by atoms with E-state index in [2.05, 4.69) is 15.0 Å². The summed E-state index contributed by atoms with van der Waals surface area (Å²) >= 11 is 0. The zero-order chi connectivity index (χ0) is 16.7. The van der Waals surface area contributed by atoms with E-state index in [0.717, 1.165) is 12.8 Å². The quantitative estimate of drug-likeness (QED) is 0.851. The predicted molar refractivity (Wildman–Crippen MR) is 82.3 cm³/mol. The van der Waals surface area contributed by atoms with Crippen molar-refractivity contribution < 1.29 is 18.5 Å². The number of aromatic nitrogens is 1. The van der Waals surface area contributed by atoms with E-state index in [4.69, 9.17) is 0 Å². The van der Waals surface area contributed by atoms with Crippen molar-refractivity contribution in [2.45, 2.75) is 19.8 Å². The van der Waals surface area contributed by atoms with Gasteiger partial charge < -0.3 is 14.7 Å². The number of nitrogens with one attached hydrogen (secondary N) is 1. The average molecular weight is 319 g/mol. The van der Waals surface area contributed by atoms with Crippen LogP contribution in [0.15, 0.2) is 41.1 Å². The molecule has 2 aromatic rings. The van der Waals surface area contributed by atoms with Crippen LogP contribution in [0.2, 0.25) is 0 Å². The smallest absolute Gasteiger partial charge is 0.254 e. The molecule has 1 heterocycles. The van der Waals surface area contributed by atoms with Gasteiger partial charge in [0.15, 0.2) is 5.82 Å². The highest BCUT2D eigenvalue weighted by Gasteiger charge is 2.19. The third kappa shape index (κ3) is 4.91. The Morgan fingerprint density at radius 3 is 2.61 bits per heavy atom. The molecule has 2 amide bonds. The number of hydrogen-bond donors (Lipinski definition) is 1. The van der Waals surface area contributed by atoms with Crippen LogP contribution in [0.5, 0.6) is 0 Å². The Bertz CT molecular complexity index is 641. The van der Waals surface area contributed by atoms with E-state index in [0.29, 0.717) is 17.9 Å². The van der Waals surface area contributed by atoms with Crippen molar-refractivity contribution in [2.75, 3.05) is 18.4 Å². The lowest BCUT2D eigenvalue weighted by Crippen LogP contribution is -2.38. The molecule has 0 unspecified atom stereocenters. The monoisotopic (exact) mass is 319 g/mol. The number of rotatable bonds is 7. The Morgan fingerprint density at radius 2 is 2.00 bits per heavy atom. The molecule has 0 spiro atoms. The molecule has 23 heavy (non-hydrogen) atoms. The van der Waals surface area contributed by atoms with Gasteiger partial charge in [-0.25, -0.2) is 4.39 Å².